The highest BCUT2D eigenvalue weighted by Crippen LogP contribution is 2.44. The average Bonchev–Trinajstić information content (AvgIpc) is 3.21. The van der Waals surface area contributed by atoms with E-state index in [2.05, 4.69) is 81.1 Å². The van der Waals surface area contributed by atoms with Gasteiger partial charge in [-0.15, -0.1) is 0 Å². The minimum absolute atomic E-state index is 0.0438. The van der Waals surface area contributed by atoms with Gasteiger partial charge in [0.25, 0.3) is 5.91 Å². The number of nitrogens with zero attached hydrogens (tertiary/aromatic N) is 3. The summed E-state index contributed by atoms with van der Waals surface area (Å²) in [6.45, 7) is 11.0. The van der Waals surface area contributed by atoms with Crippen LogP contribution in [0.4, 0.5) is 11.4 Å². The van der Waals surface area contributed by atoms with E-state index < -0.39 is 0 Å². The van der Waals surface area contributed by atoms with Gasteiger partial charge in [0.15, 0.2) is 5.17 Å². The number of hydrogen-bond acceptors (Lipinski definition) is 4. The zero-order valence-corrected chi connectivity index (χ0v) is 24.4. The fourth-order valence-corrected chi connectivity index (χ4v) is 6.91. The van der Waals surface area contributed by atoms with Crippen molar-refractivity contribution in [3.05, 3.63) is 100 Å². The highest BCUT2D eigenvalue weighted by atomic mass is 32.2. The maximum absolute atomic E-state index is 13.7. The Kier molecular flexibility index (Phi) is 8.27. The third kappa shape index (κ3) is 6.14. The summed E-state index contributed by atoms with van der Waals surface area (Å²) < 4.78 is 0. The molecule has 0 saturated carbocycles. The third-order valence-corrected chi connectivity index (χ3v) is 8.72. The number of rotatable bonds is 8. The lowest BCUT2D eigenvalue weighted by atomic mass is 9.79. The maximum atomic E-state index is 13.7. The van der Waals surface area contributed by atoms with Crippen molar-refractivity contribution in [2.45, 2.75) is 64.8 Å². The van der Waals surface area contributed by atoms with Crippen molar-refractivity contribution in [1.29, 1.82) is 0 Å². The van der Waals surface area contributed by atoms with E-state index in [0.717, 1.165) is 53.6 Å². The molecule has 2 heterocycles. The van der Waals surface area contributed by atoms with Crippen LogP contribution in [0, 0.1) is 0 Å². The first-order chi connectivity index (χ1) is 18.9. The molecule has 0 spiro atoms. The molecule has 1 saturated heterocycles. The smallest absolute Gasteiger partial charge is 0.266 e. The number of amidine groups is 1. The Hall–Kier alpha value is -3.31. The van der Waals surface area contributed by atoms with Crippen molar-refractivity contribution in [2.24, 2.45) is 4.99 Å². The number of carbonyl (C=O) groups excluding carboxylic acids is 1. The summed E-state index contributed by atoms with van der Waals surface area (Å²) in [4.78, 5) is 23.7. The number of aryl methyl sites for hydroxylation is 1. The summed E-state index contributed by atoms with van der Waals surface area (Å²) in [5.74, 6) is 0.514. The Bertz CT molecular complexity index is 1360. The normalized spacial score (nSPS) is 20.6. The van der Waals surface area contributed by atoms with Gasteiger partial charge < -0.3 is 4.90 Å². The number of thioether (sulfide) groups is 1. The van der Waals surface area contributed by atoms with Gasteiger partial charge in [0.1, 0.15) is 0 Å². The van der Waals surface area contributed by atoms with E-state index in [1.54, 1.807) is 0 Å². The summed E-state index contributed by atoms with van der Waals surface area (Å²) in [5.41, 5.74) is 6.09. The SMILES string of the molecule is CCCN1c2ccc(/C=C3/SC(=Nc4ccccc4)N(CCCc4ccccc4)C3=O)cc2C(C)CC1(C)C. The molecule has 3 aromatic rings. The molecule has 1 fully saturated rings. The highest BCUT2D eigenvalue weighted by Gasteiger charge is 2.36. The van der Waals surface area contributed by atoms with Crippen molar-refractivity contribution in [1.82, 2.24) is 4.90 Å². The van der Waals surface area contributed by atoms with Crippen molar-refractivity contribution in [2.75, 3.05) is 18.0 Å². The second kappa shape index (κ2) is 11.8. The van der Waals surface area contributed by atoms with Gasteiger partial charge in [0.2, 0.25) is 0 Å². The lowest BCUT2D eigenvalue weighted by Crippen LogP contribution is -2.48. The van der Waals surface area contributed by atoms with E-state index in [0.29, 0.717) is 12.5 Å². The summed E-state index contributed by atoms with van der Waals surface area (Å²) in [7, 11) is 0. The Balaban J connectivity index is 1.42. The van der Waals surface area contributed by atoms with E-state index in [1.165, 1.54) is 28.6 Å². The summed E-state index contributed by atoms with van der Waals surface area (Å²) in [6.07, 6.45) is 6.12. The molecule has 0 radical (unpaired) electrons. The molecule has 39 heavy (non-hydrogen) atoms. The molecule has 1 atom stereocenters. The molecule has 0 bridgehead atoms. The van der Waals surface area contributed by atoms with Crippen LogP contribution in [-0.4, -0.2) is 34.6 Å². The van der Waals surface area contributed by atoms with Crippen LogP contribution in [0.15, 0.2) is 88.8 Å². The average molecular weight is 538 g/mol. The molecular formula is C34H39N3OS. The number of hydrogen-bond donors (Lipinski definition) is 0. The predicted octanol–water partition coefficient (Wildman–Crippen LogP) is 8.43. The summed E-state index contributed by atoms with van der Waals surface area (Å²) in [6, 6.07) is 27.1. The van der Waals surface area contributed by atoms with E-state index in [-0.39, 0.29) is 11.4 Å². The molecule has 2 aliphatic heterocycles. The fraction of sp³-hybridized carbons (Fsp3) is 0.353. The van der Waals surface area contributed by atoms with E-state index >= 15 is 0 Å². The molecule has 4 nitrogen and oxygen atoms in total. The number of para-hydroxylation sites is 1. The molecule has 1 amide bonds. The highest BCUT2D eigenvalue weighted by molar-refractivity contribution is 8.18. The first-order valence-corrected chi connectivity index (χ1v) is 15.0. The Morgan fingerprint density at radius 3 is 2.44 bits per heavy atom. The molecule has 3 aromatic carbocycles. The molecule has 5 heteroatoms. The molecule has 0 aliphatic carbocycles. The van der Waals surface area contributed by atoms with Gasteiger partial charge in [-0.05, 0) is 104 Å². The van der Waals surface area contributed by atoms with Crippen LogP contribution >= 0.6 is 11.8 Å². The van der Waals surface area contributed by atoms with Crippen LogP contribution < -0.4 is 4.90 Å². The lowest BCUT2D eigenvalue weighted by molar-refractivity contribution is -0.122. The zero-order valence-electron chi connectivity index (χ0n) is 23.6. The topological polar surface area (TPSA) is 35.9 Å². The van der Waals surface area contributed by atoms with Crippen molar-refractivity contribution < 1.29 is 4.79 Å². The first kappa shape index (κ1) is 27.3. The van der Waals surface area contributed by atoms with Gasteiger partial charge in [0, 0.05) is 24.3 Å². The number of amides is 1. The van der Waals surface area contributed by atoms with Crippen LogP contribution in [0.25, 0.3) is 6.08 Å². The number of carbonyl (C=O) groups is 1. The fourth-order valence-electron chi connectivity index (χ4n) is 5.88. The lowest BCUT2D eigenvalue weighted by Gasteiger charge is -2.47. The second-order valence-electron chi connectivity index (χ2n) is 11.3. The molecule has 2 aliphatic rings. The van der Waals surface area contributed by atoms with Gasteiger partial charge in [-0.1, -0.05) is 68.4 Å². The second-order valence-corrected chi connectivity index (χ2v) is 12.3. The van der Waals surface area contributed by atoms with Crippen LogP contribution in [0.3, 0.4) is 0 Å². The van der Waals surface area contributed by atoms with Crippen LogP contribution in [-0.2, 0) is 11.2 Å². The molecule has 0 N–H and O–H groups in total. The van der Waals surface area contributed by atoms with Gasteiger partial charge in [0.05, 0.1) is 10.6 Å². The zero-order chi connectivity index (χ0) is 27.4. The number of benzene rings is 3. The molecule has 202 valence electrons. The molecule has 0 aromatic heterocycles. The van der Waals surface area contributed by atoms with E-state index in [1.807, 2.05) is 41.3 Å². The van der Waals surface area contributed by atoms with E-state index in [4.69, 9.17) is 4.99 Å². The van der Waals surface area contributed by atoms with Crippen molar-refractivity contribution in [3.63, 3.8) is 0 Å². The quantitative estimate of drug-likeness (QED) is 0.271. The standard InChI is InChI=1S/C34H39N3OS/c1-5-20-37-30-19-18-27(22-29(30)25(2)24-34(37,3)4)23-31-32(38)36(21-12-15-26-13-8-6-9-14-26)33(39-31)35-28-16-10-7-11-17-28/h6-11,13-14,16-19,22-23,25H,5,12,15,20-21,24H2,1-4H3/b31-23+,35-33?. The summed E-state index contributed by atoms with van der Waals surface area (Å²) >= 11 is 1.49. The Morgan fingerprint density at radius 2 is 1.72 bits per heavy atom. The summed E-state index contributed by atoms with van der Waals surface area (Å²) in [5, 5.41) is 0.757. The van der Waals surface area contributed by atoms with Crippen molar-refractivity contribution >= 4 is 40.3 Å². The van der Waals surface area contributed by atoms with Crippen molar-refractivity contribution in [3.8, 4) is 0 Å². The Labute approximate surface area is 237 Å². The predicted molar refractivity (Wildman–Crippen MR) is 167 cm³/mol. The van der Waals surface area contributed by atoms with Crippen LogP contribution in [0.1, 0.15) is 69.6 Å². The molecule has 5 rings (SSSR count). The number of anilines is 1. The van der Waals surface area contributed by atoms with E-state index in [9.17, 15) is 4.79 Å². The number of fused-ring (bicyclic) bond motifs is 1. The van der Waals surface area contributed by atoms with Crippen LogP contribution in [0.2, 0.25) is 0 Å². The van der Waals surface area contributed by atoms with Gasteiger partial charge in [-0.3, -0.25) is 9.69 Å². The van der Waals surface area contributed by atoms with Crippen LogP contribution in [0.5, 0.6) is 0 Å². The third-order valence-electron chi connectivity index (χ3n) is 7.71. The van der Waals surface area contributed by atoms with Gasteiger partial charge >= 0.3 is 0 Å². The minimum atomic E-state index is 0.0438. The minimum Gasteiger partial charge on any atom is -0.366 e. The largest absolute Gasteiger partial charge is 0.366 e. The van der Waals surface area contributed by atoms with Gasteiger partial charge in [-0.25, -0.2) is 4.99 Å². The monoisotopic (exact) mass is 537 g/mol. The number of aliphatic imine (C=N–C) groups is 1. The first-order valence-electron chi connectivity index (χ1n) is 14.2. The molecule has 1 unspecified atom stereocenters. The molecular weight excluding hydrogens is 498 g/mol. The van der Waals surface area contributed by atoms with Gasteiger partial charge in [-0.2, -0.15) is 0 Å². The Morgan fingerprint density at radius 1 is 1.00 bits per heavy atom. The maximum Gasteiger partial charge on any atom is 0.266 e.